The lowest BCUT2D eigenvalue weighted by Gasteiger charge is -2.20. The van der Waals surface area contributed by atoms with Crippen LogP contribution in [-0.4, -0.2) is 37.5 Å². The Labute approximate surface area is 170 Å². The number of amides is 1. The van der Waals surface area contributed by atoms with Crippen LogP contribution < -0.4 is 16.0 Å². The Morgan fingerprint density at radius 3 is 2.33 bits per heavy atom. The number of aliphatic imine (C=N–C) groups is 1. The predicted octanol–water partition coefficient (Wildman–Crippen LogP) is 3.40. The van der Waals surface area contributed by atoms with Crippen LogP contribution in [0.25, 0.3) is 0 Å². The van der Waals surface area contributed by atoms with Crippen LogP contribution in [0, 0.1) is 5.92 Å². The average Bonchev–Trinajstić information content (AvgIpc) is 2.51. The zero-order valence-corrected chi connectivity index (χ0v) is 18.6. The smallest absolute Gasteiger partial charge is 0.251 e. The highest BCUT2D eigenvalue weighted by molar-refractivity contribution is 14.0. The summed E-state index contributed by atoms with van der Waals surface area (Å²) in [6.07, 6.45) is 0. The molecule has 3 N–H and O–H groups in total. The van der Waals surface area contributed by atoms with Crippen LogP contribution in [0.5, 0.6) is 0 Å². The van der Waals surface area contributed by atoms with Gasteiger partial charge in [0, 0.05) is 29.2 Å². The molecule has 0 aliphatic rings. The van der Waals surface area contributed by atoms with Crippen LogP contribution in [0.3, 0.4) is 0 Å². The SMILES string of the molecule is CCNC(=NCCNC(=O)c1ccc(Br)cc1)NC(C)C(C)C.I. The van der Waals surface area contributed by atoms with Gasteiger partial charge in [-0.3, -0.25) is 9.79 Å². The van der Waals surface area contributed by atoms with Gasteiger partial charge in [0.2, 0.25) is 0 Å². The van der Waals surface area contributed by atoms with E-state index in [0.29, 0.717) is 30.6 Å². The molecule has 0 spiro atoms. The van der Waals surface area contributed by atoms with Crippen LogP contribution in [0.1, 0.15) is 38.1 Å². The molecule has 0 aromatic heterocycles. The van der Waals surface area contributed by atoms with Crippen LogP contribution in [0.2, 0.25) is 0 Å². The van der Waals surface area contributed by atoms with E-state index in [1.165, 1.54) is 0 Å². The molecule has 1 amide bonds. The van der Waals surface area contributed by atoms with Crippen LogP contribution in [-0.2, 0) is 0 Å². The molecule has 1 rings (SSSR count). The molecule has 0 heterocycles. The summed E-state index contributed by atoms with van der Waals surface area (Å²) >= 11 is 3.36. The minimum Gasteiger partial charge on any atom is -0.357 e. The first-order valence-electron chi connectivity index (χ1n) is 8.02. The summed E-state index contributed by atoms with van der Waals surface area (Å²) < 4.78 is 0.958. The van der Waals surface area contributed by atoms with E-state index in [1.54, 1.807) is 12.1 Å². The molecule has 1 unspecified atom stereocenters. The van der Waals surface area contributed by atoms with E-state index in [0.717, 1.165) is 17.0 Å². The van der Waals surface area contributed by atoms with Gasteiger partial charge >= 0.3 is 0 Å². The lowest BCUT2D eigenvalue weighted by atomic mass is 10.1. The highest BCUT2D eigenvalue weighted by atomic mass is 127. The molecule has 0 bridgehead atoms. The molecule has 0 fully saturated rings. The molecule has 0 aliphatic heterocycles. The third-order valence-electron chi connectivity index (χ3n) is 3.48. The van der Waals surface area contributed by atoms with Gasteiger partial charge in [0.15, 0.2) is 5.96 Å². The molecule has 0 aliphatic carbocycles. The topological polar surface area (TPSA) is 65.5 Å². The zero-order valence-electron chi connectivity index (χ0n) is 14.7. The molecule has 0 radical (unpaired) electrons. The fourth-order valence-corrected chi connectivity index (χ4v) is 2.01. The van der Waals surface area contributed by atoms with Gasteiger partial charge in [-0.1, -0.05) is 29.8 Å². The molecule has 1 aromatic carbocycles. The first-order chi connectivity index (χ1) is 10.9. The van der Waals surface area contributed by atoms with Crippen LogP contribution in [0.15, 0.2) is 33.7 Å². The number of rotatable bonds is 7. The number of benzene rings is 1. The molecule has 5 nitrogen and oxygen atoms in total. The number of hydrogen-bond acceptors (Lipinski definition) is 2. The van der Waals surface area contributed by atoms with Gasteiger partial charge in [-0.05, 0) is 44.0 Å². The fraction of sp³-hybridized carbons (Fsp3) is 0.529. The van der Waals surface area contributed by atoms with Gasteiger partial charge in [-0.2, -0.15) is 0 Å². The first-order valence-corrected chi connectivity index (χ1v) is 8.82. The van der Waals surface area contributed by atoms with E-state index >= 15 is 0 Å². The molecule has 136 valence electrons. The van der Waals surface area contributed by atoms with Crippen molar-refractivity contribution in [3.05, 3.63) is 34.3 Å². The molecule has 0 saturated carbocycles. The van der Waals surface area contributed by atoms with Crippen molar-refractivity contribution >= 4 is 51.8 Å². The molecule has 0 saturated heterocycles. The van der Waals surface area contributed by atoms with Crippen molar-refractivity contribution in [2.75, 3.05) is 19.6 Å². The van der Waals surface area contributed by atoms with Crippen molar-refractivity contribution in [2.45, 2.75) is 33.7 Å². The average molecular weight is 511 g/mol. The summed E-state index contributed by atoms with van der Waals surface area (Å²) in [4.78, 5) is 16.5. The third kappa shape index (κ3) is 8.86. The monoisotopic (exact) mass is 510 g/mol. The molecule has 24 heavy (non-hydrogen) atoms. The predicted molar refractivity (Wildman–Crippen MR) is 115 cm³/mol. The van der Waals surface area contributed by atoms with Gasteiger partial charge in [0.05, 0.1) is 6.54 Å². The number of nitrogens with one attached hydrogen (secondary N) is 3. The maximum absolute atomic E-state index is 12.0. The maximum Gasteiger partial charge on any atom is 0.251 e. The molecule has 1 atom stereocenters. The number of nitrogens with zero attached hydrogens (tertiary/aromatic N) is 1. The molecular formula is C17H28BrIN4O. The standard InChI is InChI=1S/C17H27BrN4O.HI/c1-5-19-17(22-13(4)12(2)3)21-11-10-20-16(23)14-6-8-15(18)9-7-14;/h6-9,12-13H,5,10-11H2,1-4H3,(H,20,23)(H2,19,21,22);1H. The van der Waals surface area contributed by atoms with E-state index < -0.39 is 0 Å². The van der Waals surface area contributed by atoms with Gasteiger partial charge in [-0.15, -0.1) is 24.0 Å². The Morgan fingerprint density at radius 1 is 1.17 bits per heavy atom. The van der Waals surface area contributed by atoms with E-state index in [2.05, 4.69) is 57.6 Å². The first kappa shape index (κ1) is 23.2. The van der Waals surface area contributed by atoms with Gasteiger partial charge < -0.3 is 16.0 Å². The van der Waals surface area contributed by atoms with Crippen molar-refractivity contribution in [1.82, 2.24) is 16.0 Å². The minimum absolute atomic E-state index is 0. The van der Waals surface area contributed by atoms with Crippen molar-refractivity contribution < 1.29 is 4.79 Å². The second-order valence-corrected chi connectivity index (χ2v) is 6.62. The van der Waals surface area contributed by atoms with E-state index in [1.807, 2.05) is 19.1 Å². The lowest BCUT2D eigenvalue weighted by molar-refractivity contribution is 0.0955. The lowest BCUT2D eigenvalue weighted by Crippen LogP contribution is -2.44. The van der Waals surface area contributed by atoms with E-state index in [-0.39, 0.29) is 29.9 Å². The van der Waals surface area contributed by atoms with Crippen LogP contribution >= 0.6 is 39.9 Å². The molecule has 1 aromatic rings. The third-order valence-corrected chi connectivity index (χ3v) is 4.01. The quantitative estimate of drug-likeness (QED) is 0.228. The van der Waals surface area contributed by atoms with Crippen molar-refractivity contribution in [3.63, 3.8) is 0 Å². The normalized spacial score (nSPS) is 12.3. The summed E-state index contributed by atoms with van der Waals surface area (Å²) in [5.41, 5.74) is 0.649. The Morgan fingerprint density at radius 2 is 1.79 bits per heavy atom. The Kier molecular flexibility index (Phi) is 12.1. The van der Waals surface area contributed by atoms with E-state index in [4.69, 9.17) is 0 Å². The number of guanidine groups is 1. The van der Waals surface area contributed by atoms with Crippen LogP contribution in [0.4, 0.5) is 0 Å². The van der Waals surface area contributed by atoms with Crippen molar-refractivity contribution in [2.24, 2.45) is 10.9 Å². The number of carbonyl (C=O) groups is 1. The highest BCUT2D eigenvalue weighted by Gasteiger charge is 2.08. The molecule has 7 heteroatoms. The summed E-state index contributed by atoms with van der Waals surface area (Å²) in [5.74, 6) is 1.23. The second kappa shape index (κ2) is 12.5. The number of carbonyl (C=O) groups excluding carboxylic acids is 1. The summed E-state index contributed by atoms with van der Waals surface area (Å²) in [6, 6.07) is 7.63. The van der Waals surface area contributed by atoms with Crippen molar-refractivity contribution in [1.29, 1.82) is 0 Å². The largest absolute Gasteiger partial charge is 0.357 e. The minimum atomic E-state index is -0.0822. The number of hydrogen-bond donors (Lipinski definition) is 3. The van der Waals surface area contributed by atoms with Crippen molar-refractivity contribution in [3.8, 4) is 0 Å². The second-order valence-electron chi connectivity index (χ2n) is 5.70. The Bertz CT molecular complexity index is 520. The highest BCUT2D eigenvalue weighted by Crippen LogP contribution is 2.10. The Balaban J connectivity index is 0.00000529. The summed E-state index contributed by atoms with van der Waals surface area (Å²) in [7, 11) is 0. The van der Waals surface area contributed by atoms with Gasteiger partial charge in [0.25, 0.3) is 5.91 Å². The van der Waals surface area contributed by atoms with Gasteiger partial charge in [0.1, 0.15) is 0 Å². The van der Waals surface area contributed by atoms with E-state index in [9.17, 15) is 4.79 Å². The maximum atomic E-state index is 12.0. The summed E-state index contributed by atoms with van der Waals surface area (Å²) in [6.45, 7) is 10.3. The zero-order chi connectivity index (χ0) is 17.2. The Hall–Kier alpha value is -0.830. The summed E-state index contributed by atoms with van der Waals surface area (Å²) in [5, 5.41) is 9.45. The number of halogens is 2. The van der Waals surface area contributed by atoms with Gasteiger partial charge in [-0.25, -0.2) is 0 Å². The fourth-order valence-electron chi connectivity index (χ4n) is 1.74. The molecular weight excluding hydrogens is 483 g/mol.